The van der Waals surface area contributed by atoms with Crippen molar-refractivity contribution in [2.45, 2.75) is 32.8 Å². The first-order chi connectivity index (χ1) is 11.7. The summed E-state index contributed by atoms with van der Waals surface area (Å²) in [6, 6.07) is 7.34. The summed E-state index contributed by atoms with van der Waals surface area (Å²) in [7, 11) is 0. The Morgan fingerprint density at radius 2 is 1.96 bits per heavy atom. The van der Waals surface area contributed by atoms with E-state index in [0.717, 1.165) is 10.6 Å². The molecule has 0 saturated carbocycles. The van der Waals surface area contributed by atoms with Crippen LogP contribution in [0.25, 0.3) is 0 Å². The molecule has 0 saturated heterocycles. The molecular formula is C18H21ClN2O3S. The fraction of sp³-hybridized carbons (Fsp3) is 0.389. The molecule has 7 heteroatoms. The smallest absolute Gasteiger partial charge is 0.412 e. The number of halogens is 1. The van der Waals surface area contributed by atoms with Crippen LogP contribution in [0.5, 0.6) is 0 Å². The topological polar surface area (TPSA) is 67.8 Å². The predicted octanol–water partition coefficient (Wildman–Crippen LogP) is 4.21. The summed E-state index contributed by atoms with van der Waals surface area (Å²) < 4.78 is 5.20. The van der Waals surface area contributed by atoms with Crippen LogP contribution in [0, 0.1) is 5.92 Å². The third kappa shape index (κ3) is 5.61. The lowest BCUT2D eigenvalue weighted by atomic mass is 9.93. The number of hydrogen-bond acceptors (Lipinski definition) is 5. The number of rotatable bonds is 3. The van der Waals surface area contributed by atoms with Crippen molar-refractivity contribution < 1.29 is 14.3 Å². The third-order valence-electron chi connectivity index (χ3n) is 3.40. The van der Waals surface area contributed by atoms with Crippen LogP contribution >= 0.6 is 23.4 Å². The first-order valence-electron chi connectivity index (χ1n) is 7.80. The van der Waals surface area contributed by atoms with E-state index >= 15 is 0 Å². The number of ether oxygens (including phenoxy) is 1. The van der Waals surface area contributed by atoms with E-state index < -0.39 is 17.6 Å². The molecule has 1 unspecified atom stereocenters. The minimum absolute atomic E-state index is 0.144. The molecule has 25 heavy (non-hydrogen) atoms. The number of nitrogens with zero attached hydrogens (tertiary/aromatic N) is 1. The highest BCUT2D eigenvalue weighted by Gasteiger charge is 2.31. The van der Waals surface area contributed by atoms with Crippen LogP contribution < -0.4 is 5.32 Å². The molecule has 2 rings (SSSR count). The van der Waals surface area contributed by atoms with E-state index in [0.29, 0.717) is 11.4 Å². The molecule has 1 amide bonds. The van der Waals surface area contributed by atoms with E-state index in [1.54, 1.807) is 32.9 Å². The summed E-state index contributed by atoms with van der Waals surface area (Å²) in [4.78, 5) is 29.1. The molecule has 0 aliphatic carbocycles. The molecule has 1 atom stereocenters. The van der Waals surface area contributed by atoms with Crippen LogP contribution in [0.2, 0.25) is 5.02 Å². The Kier molecular flexibility index (Phi) is 6.30. The number of nitrogens with one attached hydrogen (secondary N) is 1. The van der Waals surface area contributed by atoms with Crippen molar-refractivity contribution in [2.75, 3.05) is 6.26 Å². The Balaban J connectivity index is 2.15. The first kappa shape index (κ1) is 19.5. The van der Waals surface area contributed by atoms with Gasteiger partial charge in [0.15, 0.2) is 5.78 Å². The van der Waals surface area contributed by atoms with Gasteiger partial charge in [0.25, 0.3) is 0 Å². The predicted molar refractivity (Wildman–Crippen MR) is 102 cm³/mol. The van der Waals surface area contributed by atoms with E-state index in [1.165, 1.54) is 18.0 Å². The van der Waals surface area contributed by atoms with E-state index in [4.69, 9.17) is 16.3 Å². The maximum atomic E-state index is 12.8. The summed E-state index contributed by atoms with van der Waals surface area (Å²) in [6.07, 6.45) is 3.08. The zero-order chi connectivity index (χ0) is 18.6. The van der Waals surface area contributed by atoms with Crippen molar-refractivity contribution in [3.63, 3.8) is 0 Å². The van der Waals surface area contributed by atoms with Gasteiger partial charge in [-0.25, -0.2) is 4.79 Å². The maximum Gasteiger partial charge on any atom is 0.412 e. The van der Waals surface area contributed by atoms with Gasteiger partial charge in [-0.3, -0.25) is 15.1 Å². The minimum Gasteiger partial charge on any atom is -0.444 e. The molecule has 5 nitrogen and oxygen atoms in total. The van der Waals surface area contributed by atoms with Crippen LogP contribution in [0.3, 0.4) is 0 Å². The fourth-order valence-corrected chi connectivity index (χ4v) is 3.08. The molecule has 1 aromatic rings. The van der Waals surface area contributed by atoms with Gasteiger partial charge in [0.1, 0.15) is 11.3 Å². The summed E-state index contributed by atoms with van der Waals surface area (Å²) in [6.45, 7) is 5.28. The van der Waals surface area contributed by atoms with Crippen LogP contribution in [0.15, 0.2) is 41.2 Å². The number of benzene rings is 1. The summed E-state index contributed by atoms with van der Waals surface area (Å²) >= 11 is 7.33. The second kappa shape index (κ2) is 8.06. The van der Waals surface area contributed by atoms with Crippen LogP contribution in [0.1, 0.15) is 26.3 Å². The Morgan fingerprint density at radius 3 is 2.52 bits per heavy atom. The van der Waals surface area contributed by atoms with Gasteiger partial charge < -0.3 is 4.74 Å². The van der Waals surface area contributed by atoms with Crippen molar-refractivity contribution in [3.8, 4) is 0 Å². The summed E-state index contributed by atoms with van der Waals surface area (Å²) in [5.41, 5.74) is 0.479. The Bertz CT molecular complexity index is 721. The Labute approximate surface area is 156 Å². The lowest BCUT2D eigenvalue weighted by Crippen LogP contribution is -2.38. The molecule has 1 heterocycles. The highest BCUT2D eigenvalue weighted by atomic mass is 35.5. The molecule has 0 bridgehead atoms. The molecule has 0 spiro atoms. The molecule has 0 fully saturated rings. The molecule has 0 aromatic heterocycles. The largest absolute Gasteiger partial charge is 0.444 e. The zero-order valence-corrected chi connectivity index (χ0v) is 16.2. The molecule has 1 aliphatic heterocycles. The number of allylic oxidation sites excluding steroid dienone is 1. The second-order valence-corrected chi connectivity index (χ2v) is 7.85. The monoisotopic (exact) mass is 380 g/mol. The number of alkyl carbamates (subject to hydrolysis) is 1. The highest BCUT2D eigenvalue weighted by molar-refractivity contribution is 8.13. The lowest BCUT2D eigenvalue weighted by molar-refractivity contribution is -0.117. The molecule has 1 aromatic carbocycles. The quantitative estimate of drug-likeness (QED) is 0.852. The van der Waals surface area contributed by atoms with Crippen molar-refractivity contribution in [1.82, 2.24) is 5.32 Å². The standard InChI is InChI=1S/C18H21ClN2O3S/c1-18(2,3)24-17(23)21-14-10-20-16(25-4)13(15(14)22)9-11-5-7-12(19)8-6-11/h5-8,10,13H,9H2,1-4H3,(H,21,23). The average molecular weight is 381 g/mol. The summed E-state index contributed by atoms with van der Waals surface area (Å²) in [5, 5.41) is 3.87. The molecule has 1 aliphatic rings. The van der Waals surface area contributed by atoms with Crippen LogP contribution in [-0.2, 0) is 16.0 Å². The van der Waals surface area contributed by atoms with Crippen molar-refractivity contribution >= 4 is 40.3 Å². The average Bonchev–Trinajstić information content (AvgIpc) is 2.51. The number of hydrogen-bond donors (Lipinski definition) is 1. The Hall–Kier alpha value is -1.79. The van der Waals surface area contributed by atoms with Gasteiger partial charge in [0.05, 0.1) is 17.2 Å². The zero-order valence-electron chi connectivity index (χ0n) is 14.6. The van der Waals surface area contributed by atoms with Crippen molar-refractivity contribution in [1.29, 1.82) is 0 Å². The number of ketones is 1. The molecule has 1 N–H and O–H groups in total. The van der Waals surface area contributed by atoms with E-state index in [1.807, 2.05) is 18.4 Å². The second-order valence-electron chi connectivity index (χ2n) is 6.59. The van der Waals surface area contributed by atoms with E-state index in [-0.39, 0.29) is 11.5 Å². The minimum atomic E-state index is -0.667. The van der Waals surface area contributed by atoms with E-state index in [9.17, 15) is 9.59 Å². The van der Waals surface area contributed by atoms with Crippen LogP contribution in [0.4, 0.5) is 4.79 Å². The van der Waals surface area contributed by atoms with Crippen molar-refractivity contribution in [2.24, 2.45) is 10.9 Å². The van der Waals surface area contributed by atoms with Gasteiger partial charge in [-0.15, -0.1) is 11.8 Å². The number of amides is 1. The van der Waals surface area contributed by atoms with Gasteiger partial charge in [-0.1, -0.05) is 23.7 Å². The number of Topliss-reactive ketones (excluding diaryl/α,β-unsaturated/α-hetero) is 1. The first-order valence-corrected chi connectivity index (χ1v) is 9.40. The number of thioether (sulfide) groups is 1. The molecule has 0 radical (unpaired) electrons. The van der Waals surface area contributed by atoms with Gasteiger partial charge in [0, 0.05) is 5.02 Å². The lowest BCUT2D eigenvalue weighted by Gasteiger charge is -2.24. The normalized spacial score (nSPS) is 17.6. The number of carbonyl (C=O) groups is 2. The van der Waals surface area contributed by atoms with Gasteiger partial charge in [-0.2, -0.15) is 0 Å². The number of aliphatic imine (C=N–C) groups is 1. The number of carbonyl (C=O) groups excluding carboxylic acids is 2. The van der Waals surface area contributed by atoms with Gasteiger partial charge in [0.2, 0.25) is 0 Å². The fourth-order valence-electron chi connectivity index (χ4n) is 2.32. The molecule has 134 valence electrons. The van der Waals surface area contributed by atoms with E-state index in [2.05, 4.69) is 10.3 Å². The third-order valence-corrected chi connectivity index (χ3v) is 4.46. The van der Waals surface area contributed by atoms with Crippen molar-refractivity contribution in [3.05, 3.63) is 46.7 Å². The van der Waals surface area contributed by atoms with Gasteiger partial charge >= 0.3 is 6.09 Å². The maximum absolute atomic E-state index is 12.8. The summed E-state index contributed by atoms with van der Waals surface area (Å²) in [5.74, 6) is -0.619. The Morgan fingerprint density at radius 1 is 1.32 bits per heavy atom. The van der Waals surface area contributed by atoms with Gasteiger partial charge in [-0.05, 0) is 51.1 Å². The molecular weight excluding hydrogens is 360 g/mol. The SMILES string of the molecule is CSC1=NC=C(NC(=O)OC(C)(C)C)C(=O)C1Cc1ccc(Cl)cc1. The van der Waals surface area contributed by atoms with Crippen LogP contribution in [-0.4, -0.2) is 28.8 Å². The highest BCUT2D eigenvalue weighted by Crippen LogP contribution is 2.25.